The van der Waals surface area contributed by atoms with Gasteiger partial charge in [0, 0.05) is 17.6 Å². The van der Waals surface area contributed by atoms with Gasteiger partial charge in [-0.05, 0) is 25.5 Å². The van der Waals surface area contributed by atoms with Gasteiger partial charge in [-0.1, -0.05) is 11.6 Å². The Hall–Kier alpha value is -1.09. The van der Waals surface area contributed by atoms with E-state index >= 15 is 0 Å². The van der Waals surface area contributed by atoms with Gasteiger partial charge in [0.2, 0.25) is 11.8 Å². The van der Waals surface area contributed by atoms with E-state index in [1.165, 1.54) is 22.7 Å². The highest BCUT2D eigenvalue weighted by Crippen LogP contribution is 2.47. The number of thiazole rings is 1. The Labute approximate surface area is 156 Å². The molecule has 2 saturated heterocycles. The average molecular weight is 400 g/mol. The Balaban J connectivity index is 1.49. The number of nitrogens with zero attached hydrogens (tertiary/aromatic N) is 2. The van der Waals surface area contributed by atoms with Gasteiger partial charge in [0.15, 0.2) is 5.13 Å². The highest BCUT2D eigenvalue weighted by molar-refractivity contribution is 8.01. The average Bonchev–Trinajstić information content (AvgIpc) is 3.27. The van der Waals surface area contributed by atoms with Gasteiger partial charge >= 0.3 is 0 Å². The molecule has 2 amide bonds. The third-order valence-corrected chi connectivity index (χ3v) is 7.82. The smallest absolute Gasteiger partial charge is 0.249 e. The predicted octanol–water partition coefficient (Wildman–Crippen LogP) is 3.92. The molecule has 2 aliphatic rings. The second-order valence-corrected chi connectivity index (χ2v) is 9.97. The van der Waals surface area contributed by atoms with Crippen molar-refractivity contribution in [1.29, 1.82) is 0 Å². The van der Waals surface area contributed by atoms with Crippen LogP contribution in [-0.2, 0) is 9.59 Å². The van der Waals surface area contributed by atoms with Crippen LogP contribution in [0.2, 0.25) is 4.34 Å². The van der Waals surface area contributed by atoms with E-state index in [4.69, 9.17) is 11.6 Å². The lowest BCUT2D eigenvalue weighted by molar-refractivity contribution is -0.135. The summed E-state index contributed by atoms with van der Waals surface area (Å²) in [5.74, 6) is 0.537. The summed E-state index contributed by atoms with van der Waals surface area (Å²) >= 11 is 10.5. The summed E-state index contributed by atoms with van der Waals surface area (Å²) in [4.78, 5) is 31.7. The fourth-order valence-corrected chi connectivity index (χ4v) is 6.32. The number of carbonyl (C=O) groups is 2. The zero-order valence-corrected chi connectivity index (χ0v) is 15.9. The number of thioether (sulfide) groups is 1. The Kier molecular flexibility index (Phi) is 4.11. The molecule has 4 heterocycles. The van der Waals surface area contributed by atoms with Crippen LogP contribution in [0.1, 0.15) is 19.8 Å². The zero-order chi connectivity index (χ0) is 16.9. The first-order chi connectivity index (χ1) is 11.5. The first-order valence-electron chi connectivity index (χ1n) is 7.44. The number of amides is 2. The van der Waals surface area contributed by atoms with Crippen molar-refractivity contribution in [2.24, 2.45) is 0 Å². The lowest BCUT2D eigenvalue weighted by Gasteiger charge is -2.29. The lowest BCUT2D eigenvalue weighted by atomic mass is 10.2. The normalized spacial score (nSPS) is 26.0. The summed E-state index contributed by atoms with van der Waals surface area (Å²) in [5.41, 5.74) is 0.801. The van der Waals surface area contributed by atoms with Gasteiger partial charge in [-0.2, -0.15) is 0 Å². The largest absolute Gasteiger partial charge is 0.315 e. The number of thiophene rings is 1. The van der Waals surface area contributed by atoms with Gasteiger partial charge < -0.3 is 10.2 Å². The molecule has 1 N–H and O–H groups in total. The molecule has 4 rings (SSSR count). The van der Waals surface area contributed by atoms with Crippen LogP contribution in [0.25, 0.3) is 10.6 Å². The van der Waals surface area contributed by atoms with Gasteiger partial charge in [-0.15, -0.1) is 34.4 Å². The maximum Gasteiger partial charge on any atom is 0.249 e. The fourth-order valence-electron chi connectivity index (χ4n) is 3.10. The number of hydrogen-bond donors (Lipinski definition) is 1. The molecule has 2 atom stereocenters. The second-order valence-electron chi connectivity index (χ2n) is 5.90. The van der Waals surface area contributed by atoms with Crippen LogP contribution in [-0.4, -0.2) is 38.4 Å². The third kappa shape index (κ3) is 2.75. The van der Waals surface area contributed by atoms with Crippen molar-refractivity contribution in [3.05, 3.63) is 21.8 Å². The molecule has 24 heavy (non-hydrogen) atoms. The monoisotopic (exact) mass is 399 g/mol. The Morgan fingerprint density at radius 3 is 3.08 bits per heavy atom. The van der Waals surface area contributed by atoms with Crippen molar-refractivity contribution in [2.45, 2.75) is 30.7 Å². The van der Waals surface area contributed by atoms with E-state index in [-0.39, 0.29) is 16.7 Å². The van der Waals surface area contributed by atoms with Gasteiger partial charge in [0.05, 0.1) is 19.8 Å². The number of halogens is 1. The van der Waals surface area contributed by atoms with E-state index < -0.39 is 6.04 Å². The quantitative estimate of drug-likeness (QED) is 0.849. The SMILES string of the molecule is C[C@]12CCC(=O)N1[C@@H](C(=O)Nc1nc(-c3ccc(Cl)s3)cs1)CS2. The molecule has 126 valence electrons. The van der Waals surface area contributed by atoms with Crippen LogP contribution < -0.4 is 5.32 Å². The van der Waals surface area contributed by atoms with Crippen molar-refractivity contribution in [3.63, 3.8) is 0 Å². The standard InChI is InChI=1S/C15H14ClN3O2S3/c1-15-5-4-12(20)19(15)9(7-23-15)13(21)18-14-17-8(6-22-14)10-2-3-11(16)24-10/h2-3,6,9H,4-5,7H2,1H3,(H,17,18,21)/t9-,15+/m1/s1. The molecule has 0 bridgehead atoms. The Morgan fingerprint density at radius 2 is 2.33 bits per heavy atom. The molecule has 0 unspecified atom stereocenters. The van der Waals surface area contributed by atoms with Gasteiger partial charge in [0.25, 0.3) is 0 Å². The minimum atomic E-state index is -0.418. The molecule has 0 aromatic carbocycles. The van der Waals surface area contributed by atoms with Crippen molar-refractivity contribution < 1.29 is 9.59 Å². The van der Waals surface area contributed by atoms with E-state index in [2.05, 4.69) is 10.3 Å². The molecule has 2 aromatic rings. The highest BCUT2D eigenvalue weighted by atomic mass is 35.5. The Morgan fingerprint density at radius 1 is 1.50 bits per heavy atom. The van der Waals surface area contributed by atoms with Gasteiger partial charge in [-0.3, -0.25) is 9.59 Å². The molecule has 2 aromatic heterocycles. The topological polar surface area (TPSA) is 62.3 Å². The fraction of sp³-hybridized carbons (Fsp3) is 0.400. The molecule has 9 heteroatoms. The van der Waals surface area contributed by atoms with Crippen molar-refractivity contribution in [2.75, 3.05) is 11.1 Å². The summed E-state index contributed by atoms with van der Waals surface area (Å²) in [5, 5.41) is 5.31. The van der Waals surface area contributed by atoms with Gasteiger partial charge in [-0.25, -0.2) is 4.98 Å². The number of nitrogens with one attached hydrogen (secondary N) is 1. The van der Waals surface area contributed by atoms with Crippen molar-refractivity contribution in [3.8, 4) is 10.6 Å². The number of anilines is 1. The molecule has 0 spiro atoms. The summed E-state index contributed by atoms with van der Waals surface area (Å²) < 4.78 is 0.707. The van der Waals surface area contributed by atoms with E-state index in [0.29, 0.717) is 21.6 Å². The highest BCUT2D eigenvalue weighted by Gasteiger charge is 2.52. The maximum absolute atomic E-state index is 12.6. The lowest BCUT2D eigenvalue weighted by Crippen LogP contribution is -2.48. The van der Waals surface area contributed by atoms with Crippen molar-refractivity contribution >= 4 is 63.0 Å². The van der Waals surface area contributed by atoms with Crippen LogP contribution in [0.5, 0.6) is 0 Å². The Bertz CT molecular complexity index is 821. The summed E-state index contributed by atoms with van der Waals surface area (Å²) in [6.07, 6.45) is 1.33. The first kappa shape index (κ1) is 16.4. The molecular weight excluding hydrogens is 386 g/mol. The van der Waals surface area contributed by atoms with E-state index in [9.17, 15) is 9.59 Å². The number of rotatable bonds is 3. The molecule has 5 nitrogen and oxygen atoms in total. The predicted molar refractivity (Wildman–Crippen MR) is 99.8 cm³/mol. The number of carbonyl (C=O) groups excluding carboxylic acids is 2. The van der Waals surface area contributed by atoms with Crippen LogP contribution >= 0.6 is 46.0 Å². The molecule has 2 aliphatic heterocycles. The van der Waals surface area contributed by atoms with E-state index in [0.717, 1.165) is 17.0 Å². The van der Waals surface area contributed by atoms with Gasteiger partial charge in [0.1, 0.15) is 6.04 Å². The van der Waals surface area contributed by atoms with Crippen molar-refractivity contribution in [1.82, 2.24) is 9.88 Å². The zero-order valence-electron chi connectivity index (χ0n) is 12.7. The molecule has 2 fully saturated rings. The van der Waals surface area contributed by atoms with Crippen LogP contribution in [0.3, 0.4) is 0 Å². The molecule has 0 saturated carbocycles. The van der Waals surface area contributed by atoms with Crippen LogP contribution in [0, 0.1) is 0 Å². The van der Waals surface area contributed by atoms with Crippen LogP contribution in [0.4, 0.5) is 5.13 Å². The second kappa shape index (κ2) is 6.01. The number of hydrogen-bond acceptors (Lipinski definition) is 6. The third-order valence-electron chi connectivity index (χ3n) is 4.31. The van der Waals surface area contributed by atoms with E-state index in [1.807, 2.05) is 24.4 Å². The number of fused-ring (bicyclic) bond motifs is 1. The minimum Gasteiger partial charge on any atom is -0.315 e. The molecular formula is C15H14ClN3O2S3. The number of aromatic nitrogens is 1. The maximum atomic E-state index is 12.6. The van der Waals surface area contributed by atoms with E-state index in [1.54, 1.807) is 16.7 Å². The molecule has 0 aliphatic carbocycles. The van der Waals surface area contributed by atoms with Crippen LogP contribution in [0.15, 0.2) is 17.5 Å². The summed E-state index contributed by atoms with van der Waals surface area (Å²) in [6.45, 7) is 2.04. The first-order valence-corrected chi connectivity index (χ1v) is 10.5. The minimum absolute atomic E-state index is 0.0655. The summed E-state index contributed by atoms with van der Waals surface area (Å²) in [6, 6.07) is 3.32. The molecule has 0 radical (unpaired) electrons. The summed E-state index contributed by atoms with van der Waals surface area (Å²) in [7, 11) is 0.